The molecular formula is C36H65O12P. The maximum Gasteiger partial charge on any atom is 0.469 e. The molecule has 49 heavy (non-hydrogen) atoms. The molecule has 12 nitrogen and oxygen atoms in total. The van der Waals surface area contributed by atoms with Gasteiger partial charge in [-0.25, -0.2) is 4.57 Å². The molecular weight excluding hydrogens is 655 g/mol. The van der Waals surface area contributed by atoms with E-state index in [0.29, 0.717) is 25.7 Å². The SMILES string of the molecule is CCCCCCCCCCCCC(=O)O[C@H](COC(=O)CCCCC(=O)C[C@@H]1[C@@H](/C=C/[C@@H](O)CCCCC)[C@H](O)C[C@@H]1O)COP(=O)(O)O. The molecule has 0 radical (unpaired) electrons. The van der Waals surface area contributed by atoms with E-state index in [2.05, 4.69) is 18.4 Å². The van der Waals surface area contributed by atoms with Crippen molar-refractivity contribution in [3.8, 4) is 0 Å². The first-order chi connectivity index (χ1) is 23.4. The predicted molar refractivity (Wildman–Crippen MR) is 186 cm³/mol. The summed E-state index contributed by atoms with van der Waals surface area (Å²) in [5.41, 5.74) is 0. The van der Waals surface area contributed by atoms with E-state index in [4.69, 9.17) is 19.3 Å². The molecule has 5 N–H and O–H groups in total. The molecule has 0 aromatic carbocycles. The second-order valence-corrected chi connectivity index (χ2v) is 14.8. The topological polar surface area (TPSA) is 197 Å². The van der Waals surface area contributed by atoms with Gasteiger partial charge in [0, 0.05) is 43.9 Å². The zero-order valence-corrected chi connectivity index (χ0v) is 30.8. The van der Waals surface area contributed by atoms with Crippen molar-refractivity contribution >= 4 is 25.5 Å². The summed E-state index contributed by atoms with van der Waals surface area (Å²) in [6.07, 6.45) is 15.9. The van der Waals surface area contributed by atoms with Crippen LogP contribution in [-0.2, 0) is 32.9 Å². The summed E-state index contributed by atoms with van der Waals surface area (Å²) in [7, 11) is -4.83. The number of ether oxygens (including phenoxy) is 2. The molecule has 6 atom stereocenters. The number of rotatable bonds is 30. The number of aliphatic hydroxyl groups excluding tert-OH is 3. The highest BCUT2D eigenvalue weighted by atomic mass is 31.2. The fourth-order valence-electron chi connectivity index (χ4n) is 6.13. The van der Waals surface area contributed by atoms with Crippen LogP contribution < -0.4 is 0 Å². The Morgan fingerprint density at radius 1 is 0.755 bits per heavy atom. The average Bonchev–Trinajstić information content (AvgIpc) is 3.30. The lowest BCUT2D eigenvalue weighted by molar-refractivity contribution is -0.161. The highest BCUT2D eigenvalue weighted by Crippen LogP contribution is 2.37. The Kier molecular flexibility index (Phi) is 25.0. The quantitative estimate of drug-likeness (QED) is 0.0243. The lowest BCUT2D eigenvalue weighted by Gasteiger charge is -2.20. The van der Waals surface area contributed by atoms with Crippen molar-refractivity contribution in [2.24, 2.45) is 11.8 Å². The minimum absolute atomic E-state index is 0.0159. The molecule has 1 saturated carbocycles. The molecule has 0 spiro atoms. The lowest BCUT2D eigenvalue weighted by atomic mass is 9.87. The molecule has 0 aromatic rings. The van der Waals surface area contributed by atoms with Crippen molar-refractivity contribution in [1.29, 1.82) is 0 Å². The molecule has 1 fully saturated rings. The molecule has 0 bridgehead atoms. The van der Waals surface area contributed by atoms with Gasteiger partial charge in [-0.05, 0) is 25.7 Å². The summed E-state index contributed by atoms with van der Waals surface area (Å²) in [6, 6.07) is 0. The number of phosphoric ester groups is 1. The summed E-state index contributed by atoms with van der Waals surface area (Å²) in [4.78, 5) is 55.5. The van der Waals surface area contributed by atoms with Crippen LogP contribution in [0.1, 0.15) is 149 Å². The van der Waals surface area contributed by atoms with E-state index >= 15 is 0 Å². The van der Waals surface area contributed by atoms with E-state index in [0.717, 1.165) is 38.5 Å². The normalized spacial score (nSPS) is 20.8. The molecule has 286 valence electrons. The van der Waals surface area contributed by atoms with Gasteiger partial charge in [-0.3, -0.25) is 18.9 Å². The van der Waals surface area contributed by atoms with Gasteiger partial charge in [0.15, 0.2) is 6.10 Å². The Hall–Kier alpha value is -1.66. The van der Waals surface area contributed by atoms with Crippen molar-refractivity contribution in [3.63, 3.8) is 0 Å². The van der Waals surface area contributed by atoms with Crippen LogP contribution in [0, 0.1) is 11.8 Å². The van der Waals surface area contributed by atoms with Gasteiger partial charge in [0.05, 0.1) is 24.9 Å². The second-order valence-electron chi connectivity index (χ2n) is 13.5. The predicted octanol–water partition coefficient (Wildman–Crippen LogP) is 6.24. The molecule has 0 heterocycles. The monoisotopic (exact) mass is 720 g/mol. The Balaban J connectivity index is 2.39. The third-order valence-corrected chi connectivity index (χ3v) is 9.50. The van der Waals surface area contributed by atoms with E-state index in [9.17, 15) is 34.3 Å². The number of carbonyl (C=O) groups is 3. The third kappa shape index (κ3) is 23.4. The van der Waals surface area contributed by atoms with Gasteiger partial charge in [-0.15, -0.1) is 0 Å². The Morgan fingerprint density at radius 2 is 1.31 bits per heavy atom. The molecule has 0 saturated heterocycles. The number of hydrogen-bond donors (Lipinski definition) is 5. The first kappa shape index (κ1) is 45.4. The van der Waals surface area contributed by atoms with Crippen LogP contribution in [0.15, 0.2) is 12.2 Å². The maximum atomic E-state index is 12.7. The van der Waals surface area contributed by atoms with Crippen LogP contribution in [0.2, 0.25) is 0 Å². The van der Waals surface area contributed by atoms with Crippen molar-refractivity contribution in [2.45, 2.75) is 173 Å². The smallest absolute Gasteiger partial charge is 0.462 e. The van der Waals surface area contributed by atoms with Crippen LogP contribution in [0.5, 0.6) is 0 Å². The standard InChI is InChI=1S/C36H65O12P/c1-3-5-7-8-9-10-11-12-13-15-21-36(42)48-30(27-47-49(43,44)45)26-46-35(41)20-17-16-19-29(38)24-32-31(33(39)25-34(32)40)23-22-28(37)18-14-6-4-2/h22-23,28,30-34,37,39-40H,3-21,24-27H2,1-2H3,(H2,43,44,45)/b23-22+/t28-,30+,31+,32+,33+,34-/m0/s1. The van der Waals surface area contributed by atoms with E-state index in [1.54, 1.807) is 12.2 Å². The number of unbranched alkanes of at least 4 members (excludes halogenated alkanes) is 12. The minimum Gasteiger partial charge on any atom is -0.462 e. The van der Waals surface area contributed by atoms with E-state index in [1.165, 1.54) is 38.5 Å². The summed E-state index contributed by atoms with van der Waals surface area (Å²) in [5, 5.41) is 31.1. The van der Waals surface area contributed by atoms with Crippen LogP contribution >= 0.6 is 7.82 Å². The Bertz CT molecular complexity index is 983. The fraction of sp³-hybridized carbons (Fsp3) is 0.861. The molecule has 1 aliphatic rings. The van der Waals surface area contributed by atoms with Crippen LogP contribution in [-0.4, -0.2) is 80.5 Å². The summed E-state index contributed by atoms with van der Waals surface area (Å²) >= 11 is 0. The van der Waals surface area contributed by atoms with E-state index < -0.39 is 69.2 Å². The van der Waals surface area contributed by atoms with Crippen molar-refractivity contribution < 1.29 is 58.1 Å². The summed E-state index contributed by atoms with van der Waals surface area (Å²) in [6.45, 7) is 3.22. The number of phosphoric acid groups is 1. The second kappa shape index (κ2) is 27.1. The van der Waals surface area contributed by atoms with Gasteiger partial charge in [0.25, 0.3) is 0 Å². The zero-order valence-electron chi connectivity index (χ0n) is 29.9. The van der Waals surface area contributed by atoms with Crippen molar-refractivity contribution in [2.75, 3.05) is 13.2 Å². The third-order valence-electron chi connectivity index (χ3n) is 9.02. The number of aliphatic hydroxyl groups is 3. The van der Waals surface area contributed by atoms with Gasteiger partial charge in [-0.2, -0.15) is 0 Å². The minimum atomic E-state index is -4.83. The fourth-order valence-corrected chi connectivity index (χ4v) is 6.49. The molecule has 0 aromatic heterocycles. The molecule has 0 unspecified atom stereocenters. The first-order valence-electron chi connectivity index (χ1n) is 18.7. The van der Waals surface area contributed by atoms with E-state index in [-0.39, 0.29) is 37.9 Å². The number of carbonyl (C=O) groups excluding carboxylic acids is 3. The number of ketones is 1. The van der Waals surface area contributed by atoms with Gasteiger partial charge < -0.3 is 34.6 Å². The number of Topliss-reactive ketones (excluding diaryl/α,β-unsaturated/α-hetero) is 1. The number of hydrogen-bond acceptors (Lipinski definition) is 10. The van der Waals surface area contributed by atoms with Gasteiger partial charge in [0.1, 0.15) is 12.4 Å². The maximum absolute atomic E-state index is 12.7. The Labute approximate surface area is 293 Å². The van der Waals surface area contributed by atoms with Crippen molar-refractivity contribution in [3.05, 3.63) is 12.2 Å². The Morgan fingerprint density at radius 3 is 1.94 bits per heavy atom. The van der Waals surface area contributed by atoms with Gasteiger partial charge in [-0.1, -0.05) is 103 Å². The number of esters is 2. The first-order valence-corrected chi connectivity index (χ1v) is 20.2. The summed E-state index contributed by atoms with van der Waals surface area (Å²) in [5.74, 6) is -2.16. The molecule has 0 amide bonds. The van der Waals surface area contributed by atoms with E-state index in [1.807, 2.05) is 0 Å². The average molecular weight is 721 g/mol. The summed E-state index contributed by atoms with van der Waals surface area (Å²) < 4.78 is 26.1. The lowest BCUT2D eigenvalue weighted by Crippen LogP contribution is -2.29. The van der Waals surface area contributed by atoms with Crippen LogP contribution in [0.3, 0.4) is 0 Å². The van der Waals surface area contributed by atoms with Crippen LogP contribution in [0.4, 0.5) is 0 Å². The largest absolute Gasteiger partial charge is 0.469 e. The zero-order chi connectivity index (χ0) is 36.5. The highest BCUT2D eigenvalue weighted by molar-refractivity contribution is 7.46. The van der Waals surface area contributed by atoms with Crippen LogP contribution in [0.25, 0.3) is 0 Å². The van der Waals surface area contributed by atoms with Gasteiger partial charge in [0.2, 0.25) is 0 Å². The molecule has 0 aliphatic heterocycles. The highest BCUT2D eigenvalue weighted by Gasteiger charge is 2.41. The van der Waals surface area contributed by atoms with Gasteiger partial charge >= 0.3 is 19.8 Å². The molecule has 1 aliphatic carbocycles. The van der Waals surface area contributed by atoms with Crippen molar-refractivity contribution in [1.82, 2.24) is 0 Å². The molecule has 1 rings (SSSR count). The molecule has 13 heteroatoms.